The highest BCUT2D eigenvalue weighted by Crippen LogP contribution is 2.17. The second-order valence-electron chi connectivity index (χ2n) is 5.93. The van der Waals surface area contributed by atoms with Gasteiger partial charge in [-0.2, -0.15) is 0 Å². The molecule has 3 rings (SSSR count). The molecule has 0 saturated heterocycles. The van der Waals surface area contributed by atoms with Gasteiger partial charge in [0.2, 0.25) is 5.78 Å². The lowest BCUT2D eigenvalue weighted by atomic mass is 10.1. The lowest BCUT2D eigenvalue weighted by Gasteiger charge is -2.13. The van der Waals surface area contributed by atoms with E-state index in [0.29, 0.717) is 10.6 Å². The van der Waals surface area contributed by atoms with Crippen molar-refractivity contribution < 1.29 is 23.5 Å². The number of carbonyl (C=O) groups is 3. The van der Waals surface area contributed by atoms with Crippen LogP contribution in [0.4, 0.5) is 10.1 Å². The van der Waals surface area contributed by atoms with Crippen LogP contribution in [-0.2, 0) is 4.74 Å². The Morgan fingerprint density at radius 3 is 2.43 bits per heavy atom. The van der Waals surface area contributed by atoms with Crippen LogP contribution in [0.25, 0.3) is 0 Å². The molecule has 7 heteroatoms. The molecule has 1 aromatic heterocycles. The number of ketones is 1. The highest BCUT2D eigenvalue weighted by Gasteiger charge is 2.21. The number of anilines is 1. The number of Topliss-reactive ketones (excluding diaryl/α,β-unsaturated/α-hetero) is 1. The zero-order valence-electron chi connectivity index (χ0n) is 14.8. The van der Waals surface area contributed by atoms with Gasteiger partial charge in [0.15, 0.2) is 6.10 Å². The average Bonchev–Trinajstić information content (AvgIpc) is 3.23. The molecule has 0 aliphatic rings. The summed E-state index contributed by atoms with van der Waals surface area (Å²) in [6, 6.07) is 14.7. The molecule has 1 heterocycles. The third-order valence-electron chi connectivity index (χ3n) is 3.88. The summed E-state index contributed by atoms with van der Waals surface area (Å²) in [4.78, 5) is 37.3. The molecule has 0 fully saturated rings. The molecule has 28 heavy (non-hydrogen) atoms. The van der Waals surface area contributed by atoms with Crippen molar-refractivity contribution in [2.45, 2.75) is 13.0 Å². The van der Waals surface area contributed by atoms with E-state index >= 15 is 0 Å². The Balaban J connectivity index is 1.66. The van der Waals surface area contributed by atoms with Gasteiger partial charge < -0.3 is 10.1 Å². The monoisotopic (exact) mass is 397 g/mol. The molecule has 142 valence electrons. The summed E-state index contributed by atoms with van der Waals surface area (Å²) in [6.45, 7) is 1.45. The molecule has 0 saturated carbocycles. The normalized spacial score (nSPS) is 11.5. The molecule has 2 aromatic carbocycles. The zero-order chi connectivity index (χ0) is 20.1. The van der Waals surface area contributed by atoms with Gasteiger partial charge in [-0.15, -0.1) is 11.3 Å². The van der Waals surface area contributed by atoms with E-state index in [1.807, 2.05) is 0 Å². The van der Waals surface area contributed by atoms with Gasteiger partial charge in [-0.1, -0.05) is 12.1 Å². The summed E-state index contributed by atoms with van der Waals surface area (Å²) >= 11 is 1.31. The van der Waals surface area contributed by atoms with Crippen molar-refractivity contribution in [3.63, 3.8) is 0 Å². The minimum atomic E-state index is -1.04. The van der Waals surface area contributed by atoms with Crippen molar-refractivity contribution in [3.05, 3.63) is 87.9 Å². The van der Waals surface area contributed by atoms with Gasteiger partial charge >= 0.3 is 5.97 Å². The minimum Gasteiger partial charge on any atom is -0.451 e. The summed E-state index contributed by atoms with van der Waals surface area (Å²) in [7, 11) is 0. The Morgan fingerprint density at radius 2 is 1.75 bits per heavy atom. The van der Waals surface area contributed by atoms with Crippen LogP contribution in [0.5, 0.6) is 0 Å². The van der Waals surface area contributed by atoms with Crippen molar-refractivity contribution in [1.29, 1.82) is 0 Å². The Hall–Kier alpha value is -3.32. The fourth-order valence-electron chi connectivity index (χ4n) is 2.46. The number of ether oxygens (including phenoxy) is 1. The van der Waals surface area contributed by atoms with E-state index in [0.717, 1.165) is 0 Å². The van der Waals surface area contributed by atoms with Gasteiger partial charge in [0, 0.05) is 11.3 Å². The SMILES string of the molecule is C[C@H](OC(=O)c1cccc(NC(=O)c2cccs2)c1)C(=O)c1ccc(F)cc1. The maximum Gasteiger partial charge on any atom is 0.338 e. The summed E-state index contributed by atoms with van der Waals surface area (Å²) in [5.74, 6) is -1.87. The van der Waals surface area contributed by atoms with Crippen LogP contribution in [0, 0.1) is 5.82 Å². The molecule has 0 aliphatic carbocycles. The first-order chi connectivity index (χ1) is 13.4. The van der Waals surface area contributed by atoms with E-state index in [-0.39, 0.29) is 17.0 Å². The molecule has 0 unspecified atom stereocenters. The molecule has 0 radical (unpaired) electrons. The van der Waals surface area contributed by atoms with Gasteiger partial charge in [-0.05, 0) is 60.8 Å². The third kappa shape index (κ3) is 4.69. The molecule has 5 nitrogen and oxygen atoms in total. The fraction of sp³-hybridized carbons (Fsp3) is 0.0952. The van der Waals surface area contributed by atoms with Crippen LogP contribution < -0.4 is 5.32 Å². The van der Waals surface area contributed by atoms with E-state index < -0.39 is 23.7 Å². The van der Waals surface area contributed by atoms with Crippen LogP contribution in [0.15, 0.2) is 66.0 Å². The third-order valence-corrected chi connectivity index (χ3v) is 4.75. The number of halogens is 1. The molecule has 1 atom stereocenters. The largest absolute Gasteiger partial charge is 0.451 e. The van der Waals surface area contributed by atoms with Crippen LogP contribution in [-0.4, -0.2) is 23.8 Å². The van der Waals surface area contributed by atoms with Gasteiger partial charge in [0.05, 0.1) is 10.4 Å². The number of esters is 1. The number of hydrogen-bond acceptors (Lipinski definition) is 5. The smallest absolute Gasteiger partial charge is 0.338 e. The van der Waals surface area contributed by atoms with Crippen molar-refractivity contribution >= 4 is 34.7 Å². The number of benzene rings is 2. The zero-order valence-corrected chi connectivity index (χ0v) is 15.7. The Kier molecular flexibility index (Phi) is 5.96. The predicted octanol–water partition coefficient (Wildman–Crippen LogP) is 4.57. The molecular weight excluding hydrogens is 381 g/mol. The Bertz CT molecular complexity index is 1000. The maximum absolute atomic E-state index is 13.0. The van der Waals surface area contributed by atoms with Crippen LogP contribution >= 0.6 is 11.3 Å². The number of carbonyl (C=O) groups excluding carboxylic acids is 3. The van der Waals surface area contributed by atoms with Gasteiger partial charge in [0.25, 0.3) is 5.91 Å². The first-order valence-electron chi connectivity index (χ1n) is 8.40. The number of thiophene rings is 1. The summed E-state index contributed by atoms with van der Waals surface area (Å²) < 4.78 is 18.2. The second kappa shape index (κ2) is 8.58. The Morgan fingerprint density at radius 1 is 1.00 bits per heavy atom. The Labute approximate surface area is 164 Å². The van der Waals surface area contributed by atoms with Crippen LogP contribution in [0.2, 0.25) is 0 Å². The first-order valence-corrected chi connectivity index (χ1v) is 9.27. The summed E-state index contributed by atoms with van der Waals surface area (Å²) in [5, 5.41) is 4.50. The van der Waals surface area contributed by atoms with Gasteiger partial charge in [0.1, 0.15) is 5.82 Å². The number of amides is 1. The lowest BCUT2D eigenvalue weighted by molar-refractivity contribution is 0.0319. The topological polar surface area (TPSA) is 72.5 Å². The second-order valence-corrected chi connectivity index (χ2v) is 6.88. The highest BCUT2D eigenvalue weighted by molar-refractivity contribution is 7.12. The van der Waals surface area contributed by atoms with Crippen molar-refractivity contribution in [2.75, 3.05) is 5.32 Å². The lowest BCUT2D eigenvalue weighted by Crippen LogP contribution is -2.24. The molecule has 0 spiro atoms. The molecule has 0 aliphatic heterocycles. The predicted molar refractivity (Wildman–Crippen MR) is 104 cm³/mol. The quantitative estimate of drug-likeness (QED) is 0.489. The summed E-state index contributed by atoms with van der Waals surface area (Å²) in [5.41, 5.74) is 0.881. The number of nitrogens with one attached hydrogen (secondary N) is 1. The molecule has 0 bridgehead atoms. The molecular formula is C21H16FNO4S. The van der Waals surface area contributed by atoms with E-state index in [9.17, 15) is 18.8 Å². The minimum absolute atomic E-state index is 0.197. The molecule has 1 N–H and O–H groups in total. The maximum atomic E-state index is 13.0. The van der Waals surface area contributed by atoms with E-state index in [1.165, 1.54) is 54.7 Å². The number of hydrogen-bond donors (Lipinski definition) is 1. The van der Waals surface area contributed by atoms with E-state index in [4.69, 9.17) is 4.74 Å². The highest BCUT2D eigenvalue weighted by atomic mass is 32.1. The average molecular weight is 397 g/mol. The van der Waals surface area contributed by atoms with Crippen molar-refractivity contribution in [1.82, 2.24) is 0 Å². The van der Waals surface area contributed by atoms with E-state index in [1.54, 1.807) is 29.6 Å². The summed E-state index contributed by atoms with van der Waals surface area (Å²) in [6.07, 6.45) is -1.04. The van der Waals surface area contributed by atoms with Crippen molar-refractivity contribution in [2.24, 2.45) is 0 Å². The van der Waals surface area contributed by atoms with Crippen molar-refractivity contribution in [3.8, 4) is 0 Å². The molecule has 1 amide bonds. The molecule has 3 aromatic rings. The first kappa shape index (κ1) is 19.4. The van der Waals surface area contributed by atoms with Crippen LogP contribution in [0.3, 0.4) is 0 Å². The fourth-order valence-corrected chi connectivity index (χ4v) is 3.07. The standard InChI is InChI=1S/C21H16FNO4S/c1-13(19(24)14-7-9-16(22)10-8-14)27-21(26)15-4-2-5-17(12-15)23-20(25)18-6-3-11-28-18/h2-13H,1H3,(H,23,25)/t13-/m0/s1. The van der Waals surface area contributed by atoms with E-state index in [2.05, 4.69) is 5.32 Å². The van der Waals surface area contributed by atoms with Gasteiger partial charge in [-0.3, -0.25) is 9.59 Å². The number of rotatable bonds is 6. The van der Waals surface area contributed by atoms with Crippen LogP contribution in [0.1, 0.15) is 37.3 Å². The van der Waals surface area contributed by atoms with Gasteiger partial charge in [-0.25, -0.2) is 9.18 Å².